The van der Waals surface area contributed by atoms with Gasteiger partial charge in [-0.3, -0.25) is 0 Å². The highest BCUT2D eigenvalue weighted by atomic mass is 32.2. The Kier molecular flexibility index (Phi) is 5.62. The summed E-state index contributed by atoms with van der Waals surface area (Å²) < 4.78 is 29.8. The molecule has 0 bridgehead atoms. The Morgan fingerprint density at radius 3 is 2.61 bits per heavy atom. The fraction of sp³-hybridized carbons (Fsp3) is 1.00. The molecule has 5 heteroatoms. The fourth-order valence-electron chi connectivity index (χ4n) is 3.10. The lowest BCUT2D eigenvalue weighted by atomic mass is 9.73. The van der Waals surface area contributed by atoms with E-state index in [1.165, 1.54) is 0 Å². The third-order valence-corrected chi connectivity index (χ3v) is 6.36. The minimum absolute atomic E-state index is 0.0476. The Morgan fingerprint density at radius 1 is 1.39 bits per heavy atom. The van der Waals surface area contributed by atoms with Crippen molar-refractivity contribution < 1.29 is 13.2 Å². The van der Waals surface area contributed by atoms with Gasteiger partial charge in [-0.25, -0.2) is 8.42 Å². The van der Waals surface area contributed by atoms with Crippen LogP contribution < -0.4 is 5.32 Å². The molecule has 2 atom stereocenters. The number of ether oxygens (including phenoxy) is 1. The minimum atomic E-state index is -3.03. The van der Waals surface area contributed by atoms with Crippen LogP contribution in [-0.4, -0.2) is 46.2 Å². The Balaban J connectivity index is 2.79. The van der Waals surface area contributed by atoms with Crippen LogP contribution in [0.4, 0.5) is 0 Å². The lowest BCUT2D eigenvalue weighted by molar-refractivity contribution is 0.177. The van der Waals surface area contributed by atoms with Crippen LogP contribution in [0.15, 0.2) is 0 Å². The van der Waals surface area contributed by atoms with Crippen LogP contribution in [0.25, 0.3) is 0 Å². The van der Waals surface area contributed by atoms with E-state index in [4.69, 9.17) is 4.74 Å². The molecule has 1 aliphatic rings. The van der Waals surface area contributed by atoms with Gasteiger partial charge in [0.25, 0.3) is 0 Å². The first-order valence-electron chi connectivity index (χ1n) is 6.73. The zero-order chi connectivity index (χ0) is 13.8. The van der Waals surface area contributed by atoms with E-state index in [0.717, 1.165) is 19.3 Å². The molecule has 4 nitrogen and oxygen atoms in total. The molecule has 1 N–H and O–H groups in total. The molecule has 2 unspecified atom stereocenters. The molecule has 0 heterocycles. The number of methoxy groups -OCH3 is 1. The summed E-state index contributed by atoms with van der Waals surface area (Å²) in [5.74, 6) is 0.236. The van der Waals surface area contributed by atoms with Crippen molar-refractivity contribution in [1.82, 2.24) is 5.32 Å². The molecule has 0 aliphatic heterocycles. The summed E-state index contributed by atoms with van der Waals surface area (Å²) >= 11 is 0. The molecule has 0 amide bonds. The largest absolute Gasteiger partial charge is 0.385 e. The molecule has 0 aromatic heterocycles. The molecule has 1 fully saturated rings. The monoisotopic (exact) mass is 277 g/mol. The van der Waals surface area contributed by atoms with E-state index in [2.05, 4.69) is 19.2 Å². The Bertz CT molecular complexity index is 351. The molecule has 0 aromatic carbocycles. The highest BCUT2D eigenvalue weighted by molar-refractivity contribution is 7.92. The lowest BCUT2D eigenvalue weighted by Gasteiger charge is -2.43. The third kappa shape index (κ3) is 3.68. The van der Waals surface area contributed by atoms with E-state index >= 15 is 0 Å². The summed E-state index contributed by atoms with van der Waals surface area (Å²) in [6.45, 7) is 4.83. The minimum Gasteiger partial charge on any atom is -0.385 e. The first kappa shape index (κ1) is 15.9. The van der Waals surface area contributed by atoms with E-state index in [0.29, 0.717) is 13.0 Å². The van der Waals surface area contributed by atoms with Crippen molar-refractivity contribution in [2.24, 2.45) is 5.41 Å². The van der Waals surface area contributed by atoms with Gasteiger partial charge in [0.2, 0.25) is 0 Å². The molecular weight excluding hydrogens is 250 g/mol. The summed E-state index contributed by atoms with van der Waals surface area (Å²) in [4.78, 5) is 0. The highest BCUT2D eigenvalue weighted by Crippen LogP contribution is 2.38. The zero-order valence-electron chi connectivity index (χ0n) is 12.0. The van der Waals surface area contributed by atoms with E-state index in [1.54, 1.807) is 7.11 Å². The Hall–Kier alpha value is -0.130. The van der Waals surface area contributed by atoms with Gasteiger partial charge in [0.15, 0.2) is 9.84 Å². The molecule has 108 valence electrons. The maximum Gasteiger partial charge on any atom is 0.154 e. The van der Waals surface area contributed by atoms with Gasteiger partial charge < -0.3 is 10.1 Å². The van der Waals surface area contributed by atoms with Crippen LogP contribution in [0.5, 0.6) is 0 Å². The average molecular weight is 277 g/mol. The molecule has 0 aromatic rings. The maximum atomic E-state index is 12.4. The van der Waals surface area contributed by atoms with Crippen molar-refractivity contribution in [2.45, 2.75) is 50.8 Å². The number of hydrogen-bond acceptors (Lipinski definition) is 4. The van der Waals surface area contributed by atoms with Gasteiger partial charge >= 0.3 is 0 Å². The van der Waals surface area contributed by atoms with E-state index in [1.807, 2.05) is 7.05 Å². The van der Waals surface area contributed by atoms with E-state index in [-0.39, 0.29) is 22.5 Å². The van der Waals surface area contributed by atoms with E-state index in [9.17, 15) is 8.42 Å². The maximum absolute atomic E-state index is 12.4. The molecule has 18 heavy (non-hydrogen) atoms. The Morgan fingerprint density at radius 2 is 2.06 bits per heavy atom. The number of hydrogen-bond donors (Lipinski definition) is 1. The molecule has 1 aliphatic carbocycles. The van der Waals surface area contributed by atoms with Crippen LogP contribution in [0.2, 0.25) is 0 Å². The van der Waals surface area contributed by atoms with Crippen LogP contribution in [0, 0.1) is 5.41 Å². The van der Waals surface area contributed by atoms with Crippen LogP contribution >= 0.6 is 0 Å². The van der Waals surface area contributed by atoms with Gasteiger partial charge in [-0.05, 0) is 31.7 Å². The van der Waals surface area contributed by atoms with Crippen molar-refractivity contribution in [2.75, 3.05) is 26.5 Å². The summed E-state index contributed by atoms with van der Waals surface area (Å²) in [6.07, 6.45) is 3.46. The standard InChI is InChI=1S/C13H27NO3S/c1-13(2)8-5-7-11(12(13)14-3)18(15,16)10-6-9-17-4/h11-12,14H,5-10H2,1-4H3. The first-order valence-corrected chi connectivity index (χ1v) is 8.44. The second kappa shape index (κ2) is 6.35. The van der Waals surface area contributed by atoms with Gasteiger partial charge in [0, 0.05) is 19.8 Å². The molecule has 0 radical (unpaired) electrons. The summed E-state index contributed by atoms with van der Waals surface area (Å²) in [5, 5.41) is 2.98. The first-order chi connectivity index (χ1) is 8.35. The second-order valence-electron chi connectivity index (χ2n) is 5.90. The predicted molar refractivity (Wildman–Crippen MR) is 74.5 cm³/mol. The second-order valence-corrected chi connectivity index (χ2v) is 8.24. The fourth-order valence-corrected chi connectivity index (χ4v) is 5.37. The number of sulfone groups is 1. The molecule has 1 rings (SSSR count). The van der Waals surface area contributed by atoms with Gasteiger partial charge in [-0.15, -0.1) is 0 Å². The smallest absolute Gasteiger partial charge is 0.154 e. The topological polar surface area (TPSA) is 55.4 Å². The van der Waals surface area contributed by atoms with Crippen LogP contribution in [0.3, 0.4) is 0 Å². The molecule has 0 spiro atoms. The summed E-state index contributed by atoms with van der Waals surface area (Å²) in [5.41, 5.74) is 0.0476. The third-order valence-electron chi connectivity index (χ3n) is 4.07. The van der Waals surface area contributed by atoms with Gasteiger partial charge in [0.1, 0.15) is 0 Å². The molecular formula is C13H27NO3S. The van der Waals surface area contributed by atoms with Crippen LogP contribution in [-0.2, 0) is 14.6 Å². The number of nitrogens with one attached hydrogen (secondary N) is 1. The summed E-state index contributed by atoms with van der Waals surface area (Å²) in [6, 6.07) is 0.0544. The van der Waals surface area contributed by atoms with Crippen molar-refractivity contribution in [3.8, 4) is 0 Å². The van der Waals surface area contributed by atoms with Gasteiger partial charge in [-0.2, -0.15) is 0 Å². The van der Waals surface area contributed by atoms with E-state index < -0.39 is 9.84 Å². The van der Waals surface area contributed by atoms with Crippen molar-refractivity contribution in [3.05, 3.63) is 0 Å². The Labute approximate surface area is 111 Å². The van der Waals surface area contributed by atoms with Gasteiger partial charge in [-0.1, -0.05) is 20.3 Å². The number of rotatable bonds is 6. The van der Waals surface area contributed by atoms with Gasteiger partial charge in [0.05, 0.1) is 11.0 Å². The SMILES string of the molecule is CNC1C(S(=O)(=O)CCCOC)CCCC1(C)C. The highest BCUT2D eigenvalue weighted by Gasteiger charge is 2.43. The normalized spacial score (nSPS) is 28.2. The quantitative estimate of drug-likeness (QED) is 0.749. The lowest BCUT2D eigenvalue weighted by Crippen LogP contribution is -2.54. The predicted octanol–water partition coefficient (Wildman–Crippen LogP) is 1.60. The molecule has 0 saturated heterocycles. The van der Waals surface area contributed by atoms with Crippen LogP contribution in [0.1, 0.15) is 39.5 Å². The zero-order valence-corrected chi connectivity index (χ0v) is 12.8. The summed E-state index contributed by atoms with van der Waals surface area (Å²) in [7, 11) is 0.444. The molecule has 1 saturated carbocycles. The van der Waals surface area contributed by atoms with Crippen molar-refractivity contribution >= 4 is 9.84 Å². The average Bonchev–Trinajstić information content (AvgIpc) is 2.27. The van der Waals surface area contributed by atoms with Crippen molar-refractivity contribution in [1.29, 1.82) is 0 Å². The van der Waals surface area contributed by atoms with Crippen molar-refractivity contribution in [3.63, 3.8) is 0 Å².